The Morgan fingerprint density at radius 3 is 2.78 bits per heavy atom. The molecular weight excluding hydrogens is 330 g/mol. The van der Waals surface area contributed by atoms with Gasteiger partial charge >= 0.3 is 6.03 Å². The smallest absolute Gasteiger partial charge is 0.323 e. The van der Waals surface area contributed by atoms with Crippen LogP contribution in [0.3, 0.4) is 0 Å². The van der Waals surface area contributed by atoms with E-state index in [0.29, 0.717) is 0 Å². The Morgan fingerprint density at radius 1 is 1.22 bits per heavy atom. The SMILES string of the molecule is O=C1NC2(CCCCC2)C(=O)N1Cc1csc(-c2cccs2)n1. The monoisotopic (exact) mass is 347 g/mol. The summed E-state index contributed by atoms with van der Waals surface area (Å²) in [5, 5.41) is 7.82. The van der Waals surface area contributed by atoms with Crippen LogP contribution in [0.15, 0.2) is 22.9 Å². The van der Waals surface area contributed by atoms with Gasteiger partial charge in [0, 0.05) is 5.38 Å². The second-order valence-electron chi connectivity index (χ2n) is 6.09. The van der Waals surface area contributed by atoms with E-state index in [9.17, 15) is 9.59 Å². The van der Waals surface area contributed by atoms with Crippen LogP contribution in [0.1, 0.15) is 37.8 Å². The molecule has 1 N–H and O–H groups in total. The highest BCUT2D eigenvalue weighted by atomic mass is 32.1. The number of carbonyl (C=O) groups excluding carboxylic acids is 2. The summed E-state index contributed by atoms with van der Waals surface area (Å²) in [5.41, 5.74) is 0.122. The van der Waals surface area contributed by atoms with Gasteiger partial charge in [-0.1, -0.05) is 25.3 Å². The number of amides is 3. The van der Waals surface area contributed by atoms with E-state index < -0.39 is 5.54 Å². The Bertz CT molecular complexity index is 732. The molecule has 1 spiro atoms. The summed E-state index contributed by atoms with van der Waals surface area (Å²) < 4.78 is 0. The molecule has 3 heterocycles. The zero-order chi connectivity index (χ0) is 15.9. The number of rotatable bonds is 3. The highest BCUT2D eigenvalue weighted by Gasteiger charge is 2.51. The lowest BCUT2D eigenvalue weighted by atomic mass is 9.82. The number of urea groups is 1. The van der Waals surface area contributed by atoms with Crippen LogP contribution in [0.2, 0.25) is 0 Å². The van der Waals surface area contributed by atoms with Gasteiger partial charge in [0.2, 0.25) is 0 Å². The van der Waals surface area contributed by atoms with Crippen molar-refractivity contribution < 1.29 is 9.59 Å². The Labute approximate surface area is 142 Å². The molecule has 2 fully saturated rings. The number of aromatic nitrogens is 1. The van der Waals surface area contributed by atoms with Crippen molar-refractivity contribution in [1.82, 2.24) is 15.2 Å². The van der Waals surface area contributed by atoms with E-state index in [0.717, 1.165) is 47.7 Å². The standard InChI is InChI=1S/C16H17N3O2S2/c20-14-16(6-2-1-3-7-16)18-15(21)19(14)9-11-10-23-13(17-11)12-5-4-8-22-12/h4-5,8,10H,1-3,6-7,9H2,(H,18,21). The average Bonchev–Trinajstić information content (AvgIpc) is 3.27. The van der Waals surface area contributed by atoms with Crippen LogP contribution in [0, 0.1) is 0 Å². The summed E-state index contributed by atoms with van der Waals surface area (Å²) >= 11 is 3.19. The van der Waals surface area contributed by atoms with Crippen LogP contribution < -0.4 is 5.32 Å². The van der Waals surface area contributed by atoms with E-state index in [4.69, 9.17) is 0 Å². The fourth-order valence-corrected chi connectivity index (χ4v) is 4.99. The normalized spacial score (nSPS) is 20.3. The average molecular weight is 347 g/mol. The molecule has 1 saturated carbocycles. The number of nitrogens with zero attached hydrogens (tertiary/aromatic N) is 2. The predicted octanol–water partition coefficient (Wildman–Crippen LogP) is 3.63. The van der Waals surface area contributed by atoms with E-state index in [2.05, 4.69) is 10.3 Å². The third-order valence-electron chi connectivity index (χ3n) is 4.56. The van der Waals surface area contributed by atoms with E-state index in [-0.39, 0.29) is 18.5 Å². The molecular formula is C16H17N3O2S2. The number of imide groups is 1. The summed E-state index contributed by atoms with van der Waals surface area (Å²) in [7, 11) is 0. The second-order valence-corrected chi connectivity index (χ2v) is 7.89. The largest absolute Gasteiger partial charge is 0.325 e. The van der Waals surface area contributed by atoms with Crippen molar-refractivity contribution in [3.63, 3.8) is 0 Å². The van der Waals surface area contributed by atoms with Gasteiger partial charge in [-0.05, 0) is 24.3 Å². The molecule has 4 rings (SSSR count). The van der Waals surface area contributed by atoms with E-state index in [1.54, 1.807) is 22.7 Å². The first-order valence-corrected chi connectivity index (χ1v) is 9.56. The van der Waals surface area contributed by atoms with E-state index in [1.165, 1.54) is 4.90 Å². The topological polar surface area (TPSA) is 62.3 Å². The molecule has 0 atom stereocenters. The highest BCUT2D eigenvalue weighted by Crippen LogP contribution is 2.35. The fourth-order valence-electron chi connectivity index (χ4n) is 3.37. The summed E-state index contributed by atoms with van der Waals surface area (Å²) in [5.74, 6) is -0.0760. The molecule has 1 aliphatic heterocycles. The van der Waals surface area contributed by atoms with Crippen LogP contribution in [0.25, 0.3) is 9.88 Å². The van der Waals surface area contributed by atoms with Crippen molar-refractivity contribution in [1.29, 1.82) is 0 Å². The molecule has 23 heavy (non-hydrogen) atoms. The number of thiazole rings is 1. The summed E-state index contributed by atoms with van der Waals surface area (Å²) in [6, 6.07) is 3.74. The van der Waals surface area contributed by atoms with Crippen LogP contribution >= 0.6 is 22.7 Å². The number of thiophene rings is 1. The molecule has 0 aromatic carbocycles. The summed E-state index contributed by atoms with van der Waals surface area (Å²) in [6.45, 7) is 0.258. The van der Waals surface area contributed by atoms with Gasteiger partial charge in [0.05, 0.1) is 17.1 Å². The minimum absolute atomic E-state index is 0.0760. The maximum atomic E-state index is 12.8. The van der Waals surface area contributed by atoms with E-state index >= 15 is 0 Å². The lowest BCUT2D eigenvalue weighted by Gasteiger charge is -2.30. The highest BCUT2D eigenvalue weighted by molar-refractivity contribution is 7.20. The zero-order valence-corrected chi connectivity index (χ0v) is 14.2. The minimum atomic E-state index is -0.651. The van der Waals surface area contributed by atoms with Gasteiger partial charge in [0.25, 0.3) is 5.91 Å². The molecule has 2 aromatic heterocycles. The first kappa shape index (κ1) is 14.8. The third-order valence-corrected chi connectivity index (χ3v) is 6.49. The lowest BCUT2D eigenvalue weighted by Crippen LogP contribution is -2.48. The first-order valence-electron chi connectivity index (χ1n) is 7.80. The molecule has 1 aliphatic carbocycles. The Morgan fingerprint density at radius 2 is 2.04 bits per heavy atom. The molecule has 120 valence electrons. The van der Waals surface area contributed by atoms with Crippen molar-refractivity contribution in [2.24, 2.45) is 0 Å². The van der Waals surface area contributed by atoms with E-state index in [1.807, 2.05) is 22.9 Å². The quantitative estimate of drug-likeness (QED) is 0.863. The number of hydrogen-bond acceptors (Lipinski definition) is 5. The maximum absolute atomic E-state index is 12.8. The first-order chi connectivity index (χ1) is 11.2. The van der Waals surface area contributed by atoms with Crippen molar-refractivity contribution in [2.45, 2.75) is 44.2 Å². The number of nitrogens with one attached hydrogen (secondary N) is 1. The van der Waals surface area contributed by atoms with Gasteiger partial charge in [-0.15, -0.1) is 22.7 Å². The van der Waals surface area contributed by atoms with Crippen molar-refractivity contribution in [3.05, 3.63) is 28.6 Å². The van der Waals surface area contributed by atoms with Crippen molar-refractivity contribution >= 4 is 34.6 Å². The molecule has 7 heteroatoms. The third kappa shape index (κ3) is 2.57. The Kier molecular flexibility index (Phi) is 3.69. The van der Waals surface area contributed by atoms with Crippen molar-refractivity contribution in [2.75, 3.05) is 0 Å². The molecule has 0 radical (unpaired) electrons. The zero-order valence-electron chi connectivity index (χ0n) is 12.6. The van der Waals surface area contributed by atoms with Gasteiger partial charge in [-0.25, -0.2) is 9.78 Å². The van der Waals surface area contributed by atoms with Gasteiger partial charge in [0.1, 0.15) is 10.5 Å². The van der Waals surface area contributed by atoms with Crippen LogP contribution in [0.4, 0.5) is 4.79 Å². The van der Waals surface area contributed by atoms with Gasteiger partial charge < -0.3 is 5.32 Å². The van der Waals surface area contributed by atoms with Gasteiger partial charge in [-0.2, -0.15) is 0 Å². The summed E-state index contributed by atoms with van der Waals surface area (Å²) in [4.78, 5) is 32.0. The molecule has 2 aliphatic rings. The second kappa shape index (κ2) is 5.72. The van der Waals surface area contributed by atoms with Gasteiger partial charge in [0.15, 0.2) is 0 Å². The Balaban J connectivity index is 1.52. The van der Waals surface area contributed by atoms with Crippen LogP contribution in [-0.4, -0.2) is 27.4 Å². The van der Waals surface area contributed by atoms with Crippen molar-refractivity contribution in [3.8, 4) is 9.88 Å². The molecule has 0 bridgehead atoms. The molecule has 3 amide bonds. The molecule has 5 nitrogen and oxygen atoms in total. The minimum Gasteiger partial charge on any atom is -0.323 e. The Hall–Kier alpha value is -1.73. The molecule has 2 aromatic rings. The number of carbonyl (C=O) groups is 2. The van der Waals surface area contributed by atoms with Gasteiger partial charge in [-0.3, -0.25) is 9.69 Å². The van der Waals surface area contributed by atoms with Crippen LogP contribution in [-0.2, 0) is 11.3 Å². The number of hydrogen-bond donors (Lipinski definition) is 1. The molecule has 0 unspecified atom stereocenters. The predicted molar refractivity (Wildman–Crippen MR) is 90.3 cm³/mol. The lowest BCUT2D eigenvalue weighted by molar-refractivity contribution is -0.132. The fraction of sp³-hybridized carbons (Fsp3) is 0.438. The maximum Gasteiger partial charge on any atom is 0.325 e. The molecule has 1 saturated heterocycles. The van der Waals surface area contributed by atoms with Crippen LogP contribution in [0.5, 0.6) is 0 Å². The summed E-state index contributed by atoms with van der Waals surface area (Å²) in [6.07, 6.45) is 4.65.